The van der Waals surface area contributed by atoms with Gasteiger partial charge in [0.2, 0.25) is 0 Å². The first-order valence-corrected chi connectivity index (χ1v) is 6.92. The molecule has 1 aromatic carbocycles. The van der Waals surface area contributed by atoms with Crippen LogP contribution in [0.25, 0.3) is 0 Å². The normalized spacial score (nSPS) is 11.2. The van der Waals surface area contributed by atoms with Crippen LogP contribution in [0.5, 0.6) is 11.5 Å². The summed E-state index contributed by atoms with van der Waals surface area (Å²) in [6, 6.07) is 3.17. The maximum absolute atomic E-state index is 11.6. The van der Waals surface area contributed by atoms with Crippen LogP contribution in [0.3, 0.4) is 0 Å². The van der Waals surface area contributed by atoms with E-state index in [-0.39, 0.29) is 0 Å². The molecule has 0 radical (unpaired) electrons. The van der Waals surface area contributed by atoms with Gasteiger partial charge in [0.05, 0.1) is 18.2 Å². The van der Waals surface area contributed by atoms with Crippen molar-refractivity contribution in [3.05, 3.63) is 17.2 Å². The molecule has 5 nitrogen and oxygen atoms in total. The van der Waals surface area contributed by atoms with Gasteiger partial charge in [-0.2, -0.15) is 0 Å². The Morgan fingerprint density at radius 2 is 2.05 bits per heavy atom. The summed E-state index contributed by atoms with van der Waals surface area (Å²) in [5.74, 6) is 3.19. The third-order valence-corrected chi connectivity index (χ3v) is 2.64. The number of amides is 1. The van der Waals surface area contributed by atoms with Gasteiger partial charge >= 0.3 is 6.09 Å². The van der Waals surface area contributed by atoms with Crippen LogP contribution in [0.1, 0.15) is 20.8 Å². The summed E-state index contributed by atoms with van der Waals surface area (Å²) in [5.41, 5.74) is 0.432. The van der Waals surface area contributed by atoms with Crippen LogP contribution in [-0.2, 0) is 4.74 Å². The average molecular weight is 312 g/mol. The van der Waals surface area contributed by atoms with Crippen LogP contribution in [-0.4, -0.2) is 25.4 Å². The molecule has 21 heavy (non-hydrogen) atoms. The van der Waals surface area contributed by atoms with E-state index in [9.17, 15) is 4.79 Å². The van der Waals surface area contributed by atoms with Gasteiger partial charge in [0.15, 0.2) is 17.6 Å². The number of carbonyl (C=O) groups is 1. The lowest BCUT2D eigenvalue weighted by Crippen LogP contribution is -2.19. The molecule has 0 aliphatic heterocycles. The smallest absolute Gasteiger partial charge is 0.412 e. The first kappa shape index (κ1) is 17.0. The van der Waals surface area contributed by atoms with Gasteiger partial charge in [-0.15, -0.1) is 6.42 Å². The number of hydrogen-bond donors (Lipinski definition) is 1. The number of terminal acetylenes is 1. The third-order valence-electron chi connectivity index (χ3n) is 2.36. The quantitative estimate of drug-likeness (QED) is 0.814. The van der Waals surface area contributed by atoms with Gasteiger partial charge in [0.25, 0.3) is 0 Å². The predicted octanol–water partition coefficient (Wildman–Crippen LogP) is 3.71. The van der Waals surface area contributed by atoms with Gasteiger partial charge < -0.3 is 14.2 Å². The van der Waals surface area contributed by atoms with Crippen LogP contribution in [0.15, 0.2) is 12.1 Å². The molecule has 0 saturated carbocycles. The second kappa shape index (κ2) is 8.28. The molecule has 0 aliphatic rings. The van der Waals surface area contributed by atoms with Crippen LogP contribution >= 0.6 is 11.6 Å². The Kier molecular flexibility index (Phi) is 6.70. The van der Waals surface area contributed by atoms with E-state index in [2.05, 4.69) is 11.2 Å². The van der Waals surface area contributed by atoms with Crippen LogP contribution in [0, 0.1) is 12.3 Å². The number of carbonyl (C=O) groups excluding carboxylic acids is 1. The summed E-state index contributed by atoms with van der Waals surface area (Å²) < 4.78 is 15.8. The Balaban J connectivity index is 2.94. The second-order valence-corrected chi connectivity index (χ2v) is 4.40. The van der Waals surface area contributed by atoms with E-state index in [1.54, 1.807) is 19.1 Å². The molecule has 1 aromatic rings. The van der Waals surface area contributed by atoms with Gasteiger partial charge in [-0.3, -0.25) is 5.32 Å². The van der Waals surface area contributed by atoms with Crippen molar-refractivity contribution in [2.75, 3.05) is 18.5 Å². The molecule has 1 atom stereocenters. The highest BCUT2D eigenvalue weighted by atomic mass is 35.5. The van der Waals surface area contributed by atoms with E-state index in [4.69, 9.17) is 32.2 Å². The zero-order valence-electron chi connectivity index (χ0n) is 12.2. The highest BCUT2D eigenvalue weighted by molar-refractivity contribution is 6.32. The fourth-order valence-corrected chi connectivity index (χ4v) is 1.79. The maximum atomic E-state index is 11.6. The van der Waals surface area contributed by atoms with E-state index >= 15 is 0 Å². The first-order chi connectivity index (χ1) is 10.0. The molecule has 0 heterocycles. The molecule has 0 aromatic heterocycles. The Labute approximate surface area is 129 Å². The fraction of sp³-hybridized carbons (Fsp3) is 0.400. The van der Waals surface area contributed by atoms with Gasteiger partial charge in [-0.1, -0.05) is 17.5 Å². The van der Waals surface area contributed by atoms with Crippen molar-refractivity contribution in [3.8, 4) is 23.8 Å². The van der Waals surface area contributed by atoms with Gasteiger partial charge in [-0.25, -0.2) is 4.79 Å². The summed E-state index contributed by atoms with van der Waals surface area (Å²) in [6.07, 6.45) is 3.86. The van der Waals surface area contributed by atoms with Gasteiger partial charge in [0, 0.05) is 11.8 Å². The van der Waals surface area contributed by atoms with Crippen molar-refractivity contribution in [1.82, 2.24) is 0 Å². The summed E-state index contributed by atoms with van der Waals surface area (Å²) in [6.45, 7) is 6.17. The Hall–Kier alpha value is -2.06. The van der Waals surface area contributed by atoms with Crippen molar-refractivity contribution in [2.24, 2.45) is 0 Å². The van der Waals surface area contributed by atoms with E-state index in [1.165, 1.54) is 0 Å². The van der Waals surface area contributed by atoms with Gasteiger partial charge in [0.1, 0.15) is 0 Å². The van der Waals surface area contributed by atoms with E-state index in [0.29, 0.717) is 35.4 Å². The number of rotatable bonds is 6. The fourth-order valence-electron chi connectivity index (χ4n) is 1.53. The number of nitrogens with one attached hydrogen (secondary N) is 1. The highest BCUT2D eigenvalue weighted by Crippen LogP contribution is 2.38. The van der Waals surface area contributed by atoms with E-state index in [1.807, 2.05) is 13.8 Å². The van der Waals surface area contributed by atoms with Crippen LogP contribution < -0.4 is 14.8 Å². The van der Waals surface area contributed by atoms with Gasteiger partial charge in [-0.05, 0) is 26.8 Å². The predicted molar refractivity (Wildman–Crippen MR) is 82.2 cm³/mol. The van der Waals surface area contributed by atoms with Crippen LogP contribution in [0.2, 0.25) is 5.02 Å². The molecule has 0 bridgehead atoms. The molecule has 1 rings (SSSR count). The minimum atomic E-state index is -0.664. The van der Waals surface area contributed by atoms with Crippen molar-refractivity contribution < 1.29 is 19.0 Å². The minimum Gasteiger partial charge on any atom is -0.490 e. The maximum Gasteiger partial charge on any atom is 0.412 e. The number of halogens is 1. The van der Waals surface area contributed by atoms with E-state index in [0.717, 1.165) is 0 Å². The highest BCUT2D eigenvalue weighted by Gasteiger charge is 2.14. The summed E-state index contributed by atoms with van der Waals surface area (Å²) >= 11 is 6.14. The van der Waals surface area contributed by atoms with Crippen molar-refractivity contribution >= 4 is 23.4 Å². The number of benzene rings is 1. The van der Waals surface area contributed by atoms with Crippen molar-refractivity contribution in [2.45, 2.75) is 26.9 Å². The topological polar surface area (TPSA) is 56.8 Å². The van der Waals surface area contributed by atoms with Crippen molar-refractivity contribution in [3.63, 3.8) is 0 Å². The monoisotopic (exact) mass is 311 g/mol. The lowest BCUT2D eigenvalue weighted by molar-refractivity contribution is 0.145. The molecule has 1 amide bonds. The summed E-state index contributed by atoms with van der Waals surface area (Å²) in [4.78, 5) is 11.6. The largest absolute Gasteiger partial charge is 0.490 e. The minimum absolute atomic E-state index is 0.336. The Bertz CT molecular complexity index is 539. The molecule has 0 aliphatic carbocycles. The lowest BCUT2D eigenvalue weighted by atomic mass is 10.2. The molecule has 0 spiro atoms. The Morgan fingerprint density at radius 1 is 1.38 bits per heavy atom. The molecule has 0 saturated heterocycles. The van der Waals surface area contributed by atoms with Crippen molar-refractivity contribution in [1.29, 1.82) is 0 Å². The number of ether oxygens (including phenoxy) is 3. The zero-order chi connectivity index (χ0) is 15.8. The molecular formula is C15H18ClNO4. The summed E-state index contributed by atoms with van der Waals surface area (Å²) in [7, 11) is 0. The SMILES string of the molecule is C#CC(C)OC(=O)Nc1cc(Cl)c(OCC)c(OCC)c1. The third kappa shape index (κ3) is 5.09. The average Bonchev–Trinajstić information content (AvgIpc) is 2.42. The molecule has 0 fully saturated rings. The number of hydrogen-bond acceptors (Lipinski definition) is 4. The lowest BCUT2D eigenvalue weighted by Gasteiger charge is -2.15. The standard InChI is InChI=1S/C15H18ClNO4/c1-5-10(4)21-15(18)17-11-8-12(16)14(20-7-3)13(9-11)19-6-2/h1,8-10H,6-7H2,2-4H3,(H,17,18). The molecule has 1 unspecified atom stereocenters. The zero-order valence-corrected chi connectivity index (χ0v) is 13.0. The molecular weight excluding hydrogens is 294 g/mol. The molecule has 6 heteroatoms. The second-order valence-electron chi connectivity index (χ2n) is 3.99. The first-order valence-electron chi connectivity index (χ1n) is 6.54. The van der Waals surface area contributed by atoms with Crippen LogP contribution in [0.4, 0.5) is 10.5 Å². The molecule has 114 valence electrons. The number of anilines is 1. The Morgan fingerprint density at radius 3 is 2.62 bits per heavy atom. The van der Waals surface area contributed by atoms with E-state index < -0.39 is 12.2 Å². The molecule has 1 N–H and O–H groups in total. The summed E-state index contributed by atoms with van der Waals surface area (Å²) in [5, 5.41) is 2.88.